The molecule has 0 spiro atoms. The number of hydrogen-bond acceptors (Lipinski definition) is 7. The normalized spacial score (nSPS) is 11.6. The molecule has 0 aliphatic carbocycles. The molecule has 0 fully saturated rings. The van der Waals surface area contributed by atoms with Crippen molar-refractivity contribution in [1.82, 2.24) is 35.1 Å². The lowest BCUT2D eigenvalue weighted by molar-refractivity contribution is 0.638. The number of aromatic nitrogens is 7. The fourth-order valence-electron chi connectivity index (χ4n) is 3.99. The highest BCUT2D eigenvalue weighted by Crippen LogP contribution is 2.35. The average Bonchev–Trinajstić information content (AvgIpc) is 3.57. The van der Waals surface area contributed by atoms with Crippen LogP contribution in [0.15, 0.2) is 54.6 Å². The van der Waals surface area contributed by atoms with Crippen molar-refractivity contribution in [3.63, 3.8) is 0 Å². The Bertz CT molecular complexity index is 1630. The highest BCUT2D eigenvalue weighted by atomic mass is 32.1. The molecule has 0 radical (unpaired) electrons. The minimum absolute atomic E-state index is 0.201. The lowest BCUT2D eigenvalue weighted by atomic mass is 10.1. The molecule has 0 atom stereocenters. The maximum atomic E-state index is 15.9. The van der Waals surface area contributed by atoms with Gasteiger partial charge < -0.3 is 10.3 Å². The Morgan fingerprint density at radius 3 is 2.74 bits per heavy atom. The summed E-state index contributed by atoms with van der Waals surface area (Å²) in [5.41, 5.74) is 4.87. The average molecular weight is 471 g/mol. The van der Waals surface area contributed by atoms with Crippen molar-refractivity contribution in [1.29, 1.82) is 0 Å². The van der Waals surface area contributed by atoms with Gasteiger partial charge in [-0.1, -0.05) is 6.07 Å². The second kappa shape index (κ2) is 7.99. The first kappa shape index (κ1) is 20.4. The molecule has 6 aromatic rings. The van der Waals surface area contributed by atoms with Crippen molar-refractivity contribution in [2.75, 3.05) is 5.32 Å². The van der Waals surface area contributed by atoms with Crippen molar-refractivity contribution < 1.29 is 4.39 Å². The Balaban J connectivity index is 1.50. The molecule has 0 aliphatic rings. The van der Waals surface area contributed by atoms with E-state index in [0.717, 1.165) is 27.2 Å². The van der Waals surface area contributed by atoms with E-state index in [0.29, 0.717) is 28.0 Å². The first-order valence-corrected chi connectivity index (χ1v) is 11.6. The van der Waals surface area contributed by atoms with Crippen LogP contribution in [0.1, 0.15) is 13.8 Å². The van der Waals surface area contributed by atoms with E-state index in [2.05, 4.69) is 35.5 Å². The summed E-state index contributed by atoms with van der Waals surface area (Å²) in [6.07, 6.45) is 8.38. The van der Waals surface area contributed by atoms with Gasteiger partial charge in [0.05, 0.1) is 34.5 Å². The van der Waals surface area contributed by atoms with Gasteiger partial charge in [0, 0.05) is 40.6 Å². The number of imidazole rings is 1. The number of pyridine rings is 3. The molecule has 8 nitrogen and oxygen atoms in total. The van der Waals surface area contributed by atoms with Crippen molar-refractivity contribution in [2.45, 2.75) is 19.9 Å². The zero-order chi connectivity index (χ0) is 23.2. The van der Waals surface area contributed by atoms with Gasteiger partial charge in [-0.25, -0.2) is 9.37 Å². The molecule has 0 amide bonds. The van der Waals surface area contributed by atoms with E-state index in [9.17, 15) is 0 Å². The number of hydrogen-bond donors (Lipinski definition) is 3. The first-order chi connectivity index (χ1) is 16.6. The highest BCUT2D eigenvalue weighted by molar-refractivity contribution is 7.13. The van der Waals surface area contributed by atoms with Crippen LogP contribution in [0.25, 0.3) is 55.2 Å². The van der Waals surface area contributed by atoms with E-state index >= 15 is 4.39 Å². The van der Waals surface area contributed by atoms with Gasteiger partial charge in [0.2, 0.25) is 0 Å². The number of nitrogens with one attached hydrogen (secondary N) is 3. The molecule has 0 bridgehead atoms. The molecule has 34 heavy (non-hydrogen) atoms. The molecule has 6 rings (SSSR count). The zero-order valence-corrected chi connectivity index (χ0v) is 19.1. The van der Waals surface area contributed by atoms with Crippen LogP contribution >= 0.6 is 11.3 Å². The number of nitrogens with zero attached hydrogens (tertiary/aromatic N) is 5. The van der Waals surface area contributed by atoms with Gasteiger partial charge >= 0.3 is 0 Å². The molecule has 0 saturated heterocycles. The first-order valence-electron chi connectivity index (χ1n) is 10.7. The SMILES string of the molecule is CC(C)Nc1cncc(-c2ncc3[nH]nc(-c4nc5c(-c6cccs6)cncc5[nH]4)c3c2F)c1. The minimum Gasteiger partial charge on any atom is -0.382 e. The van der Waals surface area contributed by atoms with Crippen molar-refractivity contribution in [3.05, 3.63) is 60.4 Å². The zero-order valence-electron chi connectivity index (χ0n) is 18.3. The molecule has 168 valence electrons. The largest absolute Gasteiger partial charge is 0.382 e. The van der Waals surface area contributed by atoms with E-state index in [-0.39, 0.29) is 11.7 Å². The van der Waals surface area contributed by atoms with E-state index in [1.165, 1.54) is 0 Å². The van der Waals surface area contributed by atoms with Crippen LogP contribution in [0.5, 0.6) is 0 Å². The summed E-state index contributed by atoms with van der Waals surface area (Å²) in [6, 6.07) is 6.06. The van der Waals surface area contributed by atoms with E-state index < -0.39 is 5.82 Å². The molecular formula is C24H19FN8S. The topological polar surface area (TPSA) is 108 Å². The van der Waals surface area contributed by atoms with Crippen LogP contribution < -0.4 is 5.32 Å². The smallest absolute Gasteiger partial charge is 0.161 e. The molecule has 0 aromatic carbocycles. The molecule has 6 heterocycles. The number of H-pyrrole nitrogens is 2. The number of halogens is 1. The molecule has 0 aliphatic heterocycles. The minimum atomic E-state index is -0.484. The van der Waals surface area contributed by atoms with Crippen molar-refractivity contribution in [2.24, 2.45) is 0 Å². The second-order valence-corrected chi connectivity index (χ2v) is 9.14. The Hall–Kier alpha value is -4.18. The Morgan fingerprint density at radius 2 is 1.91 bits per heavy atom. The standard InChI is InChI=1S/C24H19FN8S/c1-12(2)29-14-6-13(7-26-8-14)21-20(25)19-16(11-28-21)32-33-23(19)24-30-17-10-27-9-15(22(17)31-24)18-4-3-5-34-18/h3-12,29H,1-2H3,(H,30,31)(H,32,33). The quantitative estimate of drug-likeness (QED) is 0.301. The van der Waals surface area contributed by atoms with Gasteiger partial charge in [-0.15, -0.1) is 11.3 Å². The van der Waals surface area contributed by atoms with Gasteiger partial charge in [0.25, 0.3) is 0 Å². The third kappa shape index (κ3) is 3.39. The van der Waals surface area contributed by atoms with E-state index in [1.807, 2.05) is 37.4 Å². The second-order valence-electron chi connectivity index (χ2n) is 8.19. The third-order valence-corrected chi connectivity index (χ3v) is 6.32. The number of anilines is 1. The summed E-state index contributed by atoms with van der Waals surface area (Å²) < 4.78 is 15.9. The molecule has 6 aromatic heterocycles. The molecule has 3 N–H and O–H groups in total. The number of thiophene rings is 1. The lowest BCUT2D eigenvalue weighted by Gasteiger charge is -2.11. The van der Waals surface area contributed by atoms with Crippen LogP contribution in [-0.4, -0.2) is 41.2 Å². The summed E-state index contributed by atoms with van der Waals surface area (Å²) in [5.74, 6) is -0.0294. The lowest BCUT2D eigenvalue weighted by Crippen LogP contribution is -2.09. The predicted molar refractivity (Wildman–Crippen MR) is 132 cm³/mol. The maximum absolute atomic E-state index is 15.9. The Labute approximate surface area is 197 Å². The summed E-state index contributed by atoms with van der Waals surface area (Å²) in [7, 11) is 0. The number of aromatic amines is 2. The monoisotopic (exact) mass is 470 g/mol. The van der Waals surface area contributed by atoms with Crippen LogP contribution in [0.2, 0.25) is 0 Å². The Morgan fingerprint density at radius 1 is 1.03 bits per heavy atom. The van der Waals surface area contributed by atoms with E-state index in [4.69, 9.17) is 4.98 Å². The van der Waals surface area contributed by atoms with E-state index in [1.54, 1.807) is 42.3 Å². The molecule has 0 unspecified atom stereocenters. The van der Waals surface area contributed by atoms with Crippen LogP contribution in [0.3, 0.4) is 0 Å². The van der Waals surface area contributed by atoms with Crippen LogP contribution in [-0.2, 0) is 0 Å². The van der Waals surface area contributed by atoms with Gasteiger partial charge in [-0.3, -0.25) is 20.1 Å². The van der Waals surface area contributed by atoms with Gasteiger partial charge in [-0.05, 0) is 31.4 Å². The van der Waals surface area contributed by atoms with Crippen molar-refractivity contribution in [3.8, 4) is 33.2 Å². The van der Waals surface area contributed by atoms with Crippen LogP contribution in [0.4, 0.5) is 10.1 Å². The Kier molecular flexibility index (Phi) is 4.80. The highest BCUT2D eigenvalue weighted by Gasteiger charge is 2.21. The fraction of sp³-hybridized carbons (Fsp3) is 0.125. The summed E-state index contributed by atoms with van der Waals surface area (Å²) >= 11 is 1.61. The van der Waals surface area contributed by atoms with Crippen LogP contribution in [0, 0.1) is 5.82 Å². The molecule has 10 heteroatoms. The summed E-state index contributed by atoms with van der Waals surface area (Å²) in [4.78, 5) is 22.0. The van der Waals surface area contributed by atoms with Gasteiger partial charge in [0.1, 0.15) is 16.9 Å². The fourth-order valence-corrected chi connectivity index (χ4v) is 4.72. The van der Waals surface area contributed by atoms with Gasteiger partial charge in [0.15, 0.2) is 11.6 Å². The molecule has 0 saturated carbocycles. The predicted octanol–water partition coefficient (Wildman–Crippen LogP) is 5.65. The van der Waals surface area contributed by atoms with Gasteiger partial charge in [-0.2, -0.15) is 5.10 Å². The van der Waals surface area contributed by atoms with Crippen molar-refractivity contribution >= 4 is 39.0 Å². The number of rotatable bonds is 5. The number of fused-ring (bicyclic) bond motifs is 2. The maximum Gasteiger partial charge on any atom is 0.161 e. The summed E-state index contributed by atoms with van der Waals surface area (Å²) in [5, 5.41) is 12.8. The molecular weight excluding hydrogens is 451 g/mol. The summed E-state index contributed by atoms with van der Waals surface area (Å²) in [6.45, 7) is 4.06. The third-order valence-electron chi connectivity index (χ3n) is 5.42.